The van der Waals surface area contributed by atoms with Gasteiger partial charge in [0, 0.05) is 5.92 Å². The predicted molar refractivity (Wildman–Crippen MR) is 34.0 cm³/mol. The van der Waals surface area contributed by atoms with Gasteiger partial charge in [0.25, 0.3) is 0 Å². The van der Waals surface area contributed by atoms with E-state index >= 15 is 0 Å². The Morgan fingerprint density at radius 1 is 1.29 bits per heavy atom. The van der Waals surface area contributed by atoms with E-state index in [1.807, 2.05) is 19.3 Å². The second-order valence-corrected chi connectivity index (χ2v) is 3.64. The second-order valence-electron chi connectivity index (χ2n) is 2.89. The first-order chi connectivity index (χ1) is 6.20. The van der Waals surface area contributed by atoms with E-state index in [1.54, 1.807) is 4.74 Å². The van der Waals surface area contributed by atoms with Gasteiger partial charge in [-0.05, 0) is 4.74 Å². The Morgan fingerprint density at radius 3 is 1.86 bits per heavy atom. The van der Waals surface area contributed by atoms with Gasteiger partial charge in [0.2, 0.25) is 6.20 Å². The van der Waals surface area contributed by atoms with Crippen molar-refractivity contribution in [1.82, 2.24) is 0 Å². The smallest absolute Gasteiger partial charge is 0.219 e. The van der Waals surface area contributed by atoms with Crippen molar-refractivity contribution in [3.8, 4) is 0 Å². The van der Waals surface area contributed by atoms with Crippen LogP contribution in [0.1, 0.15) is 25.5 Å². The molecule has 0 atom stereocenters. The molecule has 1 aromatic rings. The van der Waals surface area contributed by atoms with Crippen LogP contribution >= 0.6 is 0 Å². The Labute approximate surface area is 83.7 Å². The highest BCUT2D eigenvalue weighted by Gasteiger charge is 2.07. The highest BCUT2D eigenvalue weighted by molar-refractivity contribution is 4.95. The molecule has 6 nitrogen and oxygen atoms in total. The molecule has 0 amide bonds. The molecular weight excluding hydrogens is 214 g/mol. The van der Waals surface area contributed by atoms with Crippen LogP contribution in [0.15, 0.2) is 16.8 Å². The number of hydrogen-bond acceptors (Lipinski definition) is 5. The maximum atomic E-state index is 8.49. The zero-order chi connectivity index (χ0) is 11.4. The first-order valence-corrected chi connectivity index (χ1v) is 5.01. The average molecular weight is 226 g/mol. The van der Waals surface area contributed by atoms with Gasteiger partial charge in [0.05, 0.1) is 6.07 Å². The summed E-state index contributed by atoms with van der Waals surface area (Å²) in [7, 11) is -3.06. The van der Waals surface area contributed by atoms with E-state index < -0.39 is 10.2 Å². The topological polar surface area (TPSA) is 109 Å². The number of rotatable bonds is 1. The Morgan fingerprint density at radius 2 is 1.71 bits per heavy atom. The van der Waals surface area contributed by atoms with Gasteiger partial charge >= 0.3 is 0 Å². The first-order valence-electron chi connectivity index (χ1n) is 3.77. The van der Waals surface area contributed by atoms with Crippen LogP contribution in [0.5, 0.6) is 0 Å². The van der Waals surface area contributed by atoms with Crippen molar-refractivity contribution in [3.63, 3.8) is 0 Å². The zero-order valence-electron chi connectivity index (χ0n) is 8.10. The fourth-order valence-corrected chi connectivity index (χ4v) is 0.703. The third kappa shape index (κ3) is 7.96. The van der Waals surface area contributed by atoms with E-state index in [4.69, 9.17) is 23.2 Å². The summed E-state index contributed by atoms with van der Waals surface area (Å²) in [6, 6.07) is 1.99. The van der Waals surface area contributed by atoms with Crippen molar-refractivity contribution < 1.29 is 38.1 Å². The van der Waals surface area contributed by atoms with Crippen molar-refractivity contribution in [1.29, 1.82) is 0 Å². The van der Waals surface area contributed by atoms with Crippen LogP contribution in [0.3, 0.4) is 0 Å². The zero-order valence-corrected chi connectivity index (χ0v) is 8.85. The van der Waals surface area contributed by atoms with Crippen LogP contribution in [-0.2, 0) is 7.05 Å². The molecular formula is C7H12ClNO5. The van der Waals surface area contributed by atoms with Gasteiger partial charge in [-0.15, -0.1) is 10.2 Å². The van der Waals surface area contributed by atoms with Crippen molar-refractivity contribution in [2.45, 2.75) is 19.8 Å². The number of aromatic nitrogens is 1. The van der Waals surface area contributed by atoms with Crippen LogP contribution in [0.25, 0.3) is 0 Å². The lowest BCUT2D eigenvalue weighted by Gasteiger charge is -2.17. The van der Waals surface area contributed by atoms with Crippen molar-refractivity contribution in [2.24, 2.45) is 7.05 Å². The summed E-state index contributed by atoms with van der Waals surface area (Å²) < 4.78 is 40.9. The molecule has 0 radical (unpaired) electrons. The maximum absolute atomic E-state index is 8.49. The molecule has 14 heavy (non-hydrogen) atoms. The Hall–Kier alpha value is -0.660. The minimum Gasteiger partial charge on any atom is -0.241 e. The molecule has 0 aliphatic heterocycles. The molecule has 0 unspecified atom stereocenters. The molecule has 0 aliphatic carbocycles. The molecule has 0 aromatic carbocycles. The second kappa shape index (κ2) is 5.28. The molecule has 0 N–H and O–H groups in total. The highest BCUT2D eigenvalue weighted by atomic mass is 35.7. The van der Waals surface area contributed by atoms with Crippen LogP contribution in [-0.4, -0.2) is 0 Å². The fourth-order valence-electron chi connectivity index (χ4n) is 0.703. The molecule has 0 spiro atoms. The normalized spacial score (nSPS) is 11.1. The van der Waals surface area contributed by atoms with Crippen molar-refractivity contribution >= 4 is 0 Å². The van der Waals surface area contributed by atoms with E-state index in [1.165, 1.54) is 0 Å². The molecule has 0 bridgehead atoms. The third-order valence-electron chi connectivity index (χ3n) is 1.27. The van der Waals surface area contributed by atoms with Crippen molar-refractivity contribution in [3.05, 3.63) is 18.0 Å². The van der Waals surface area contributed by atoms with Gasteiger partial charge < -0.3 is 0 Å². The van der Waals surface area contributed by atoms with Crippen LogP contribution in [0.4, 0.5) is 0 Å². The lowest BCUT2D eigenvalue weighted by Crippen LogP contribution is -2.68. The molecule has 0 aliphatic rings. The van der Waals surface area contributed by atoms with Gasteiger partial charge in [0.15, 0.2) is 12.8 Å². The Kier molecular flexibility index (Phi) is 5.03. The van der Waals surface area contributed by atoms with Gasteiger partial charge in [-0.2, -0.15) is 0 Å². The lowest BCUT2D eigenvalue weighted by atomic mass is 10.2. The molecule has 1 rings (SSSR count). The summed E-state index contributed by atoms with van der Waals surface area (Å²) in [5.41, 5.74) is 0. The van der Waals surface area contributed by atoms with Crippen LogP contribution in [0.2, 0.25) is 0 Å². The minimum absolute atomic E-state index is 0.492. The summed E-state index contributed by atoms with van der Waals surface area (Å²) in [4.78, 5) is 0. The summed E-state index contributed by atoms with van der Waals surface area (Å²) in [6.07, 6.45) is 1.91. The largest absolute Gasteiger partial charge is 0.241 e. The van der Waals surface area contributed by atoms with Crippen LogP contribution < -0.4 is 23.4 Å². The summed E-state index contributed by atoms with van der Waals surface area (Å²) in [6.45, 7) is 4.22. The highest BCUT2D eigenvalue weighted by Crippen LogP contribution is 2.10. The van der Waals surface area contributed by atoms with Gasteiger partial charge in [0.1, 0.15) is 0 Å². The SMILES string of the molecule is CC(C)c1cc[n+](C)o1.[O-][Cl+3]([O-])([O-])[O-]. The average Bonchev–Trinajstić information content (AvgIpc) is 2.31. The lowest BCUT2D eigenvalue weighted by molar-refractivity contribution is -2.00. The van der Waals surface area contributed by atoms with Gasteiger partial charge in [-0.25, -0.2) is 23.2 Å². The summed E-state index contributed by atoms with van der Waals surface area (Å²) in [5.74, 6) is 1.53. The number of hydrogen-bond donors (Lipinski definition) is 0. The Balaban J connectivity index is 0.000000292. The number of aryl methyl sites for hydroxylation is 1. The molecule has 0 saturated heterocycles. The molecule has 0 saturated carbocycles. The van der Waals surface area contributed by atoms with E-state index in [9.17, 15) is 0 Å². The Bertz CT molecular complexity index is 261. The maximum Gasteiger partial charge on any atom is 0.219 e. The molecule has 82 valence electrons. The van der Waals surface area contributed by atoms with Gasteiger partial charge in [-0.1, -0.05) is 13.8 Å². The number of nitrogens with zero attached hydrogens (tertiary/aromatic N) is 1. The standard InChI is InChI=1S/C7H12NO.ClHO4/c1-6(2)7-4-5-8(3)9-7;2-1(3,4)5/h4-6H,1-3H3;(H,2,3,4,5)/q+1;/p-1. The molecule has 0 fully saturated rings. The third-order valence-corrected chi connectivity index (χ3v) is 1.27. The molecule has 1 aromatic heterocycles. The van der Waals surface area contributed by atoms with Gasteiger partial charge in [-0.3, -0.25) is 0 Å². The van der Waals surface area contributed by atoms with Crippen molar-refractivity contribution in [2.75, 3.05) is 0 Å². The van der Waals surface area contributed by atoms with E-state index in [0.717, 1.165) is 5.76 Å². The molecule has 1 heterocycles. The minimum atomic E-state index is -4.94. The monoisotopic (exact) mass is 225 g/mol. The number of halogens is 1. The fraction of sp³-hybridized carbons (Fsp3) is 0.571. The summed E-state index contributed by atoms with van der Waals surface area (Å²) in [5, 5.41) is 0. The van der Waals surface area contributed by atoms with Crippen LogP contribution in [0, 0.1) is 10.2 Å². The molecule has 7 heteroatoms. The summed E-state index contributed by atoms with van der Waals surface area (Å²) >= 11 is 0. The van der Waals surface area contributed by atoms with E-state index in [-0.39, 0.29) is 0 Å². The van der Waals surface area contributed by atoms with E-state index in [2.05, 4.69) is 13.8 Å². The predicted octanol–water partition coefficient (Wildman–Crippen LogP) is -3.53. The quantitative estimate of drug-likeness (QED) is 0.460. The first kappa shape index (κ1) is 13.3. The van der Waals surface area contributed by atoms with E-state index in [0.29, 0.717) is 5.92 Å².